The van der Waals surface area contributed by atoms with E-state index in [9.17, 15) is 9.90 Å². The van der Waals surface area contributed by atoms with E-state index in [1.54, 1.807) is 28.4 Å². The summed E-state index contributed by atoms with van der Waals surface area (Å²) in [5.74, 6) is 2.41. The SMILES string of the molecule is COc1cc2c(cc1OC)[C@H]1[C@H](CN3C(=O)CCC3[C@H]1O)c1cc(OC)c(OC)cc1-2. The molecule has 7 heteroatoms. The minimum atomic E-state index is -0.664. The lowest BCUT2D eigenvalue weighted by atomic mass is 9.65. The number of fused-ring (bicyclic) bond motifs is 7. The molecule has 1 amide bonds. The first kappa shape index (κ1) is 20.0. The van der Waals surface area contributed by atoms with Crippen molar-refractivity contribution in [2.75, 3.05) is 35.0 Å². The molecule has 2 aliphatic heterocycles. The van der Waals surface area contributed by atoms with Gasteiger partial charge in [-0.15, -0.1) is 0 Å². The van der Waals surface area contributed by atoms with Crippen LogP contribution in [0.25, 0.3) is 11.1 Å². The Hall–Kier alpha value is -2.93. The summed E-state index contributed by atoms with van der Waals surface area (Å²) < 4.78 is 22.3. The Bertz CT molecular complexity index is 1050. The van der Waals surface area contributed by atoms with Gasteiger partial charge in [-0.2, -0.15) is 0 Å². The predicted octanol–water partition coefficient (Wildman–Crippen LogP) is 2.93. The molecule has 7 nitrogen and oxygen atoms in total. The zero-order valence-electron chi connectivity index (χ0n) is 18.2. The van der Waals surface area contributed by atoms with Gasteiger partial charge >= 0.3 is 0 Å². The van der Waals surface area contributed by atoms with Gasteiger partial charge in [0.15, 0.2) is 23.0 Å². The first-order chi connectivity index (χ1) is 15.0. The van der Waals surface area contributed by atoms with Crippen molar-refractivity contribution >= 4 is 5.91 Å². The number of hydrogen-bond donors (Lipinski definition) is 1. The molecule has 164 valence electrons. The highest BCUT2D eigenvalue weighted by Gasteiger charge is 2.51. The number of piperidine rings is 1. The lowest BCUT2D eigenvalue weighted by Crippen LogP contribution is -2.53. The summed E-state index contributed by atoms with van der Waals surface area (Å²) in [5.41, 5.74) is 4.02. The van der Waals surface area contributed by atoms with E-state index in [1.165, 1.54) is 0 Å². The summed E-state index contributed by atoms with van der Waals surface area (Å²) in [4.78, 5) is 14.4. The minimum absolute atomic E-state index is 0.0614. The fourth-order valence-corrected chi connectivity index (χ4v) is 5.68. The molecule has 5 rings (SSSR count). The van der Waals surface area contributed by atoms with Crippen molar-refractivity contribution in [1.29, 1.82) is 0 Å². The minimum Gasteiger partial charge on any atom is -0.493 e. The van der Waals surface area contributed by atoms with E-state index in [1.807, 2.05) is 29.2 Å². The third-order valence-electron chi connectivity index (χ3n) is 7.12. The molecule has 4 atom stereocenters. The van der Waals surface area contributed by atoms with Crippen LogP contribution in [0.1, 0.15) is 35.8 Å². The molecule has 0 radical (unpaired) electrons. The Morgan fingerprint density at radius 1 is 0.839 bits per heavy atom. The van der Waals surface area contributed by atoms with Gasteiger partial charge in [0.2, 0.25) is 5.91 Å². The van der Waals surface area contributed by atoms with Crippen LogP contribution in [0.15, 0.2) is 24.3 Å². The number of amides is 1. The number of rotatable bonds is 4. The Balaban J connectivity index is 1.77. The van der Waals surface area contributed by atoms with Crippen LogP contribution in [0.2, 0.25) is 0 Å². The number of hydrogen-bond acceptors (Lipinski definition) is 6. The first-order valence-corrected chi connectivity index (χ1v) is 10.5. The number of carbonyl (C=O) groups excluding carboxylic acids is 1. The molecule has 2 aromatic rings. The van der Waals surface area contributed by atoms with Crippen LogP contribution in [-0.4, -0.2) is 63.0 Å². The first-order valence-electron chi connectivity index (χ1n) is 10.5. The van der Waals surface area contributed by atoms with Gasteiger partial charge in [-0.3, -0.25) is 4.79 Å². The molecule has 2 heterocycles. The molecule has 0 aromatic heterocycles. The number of carbonyl (C=O) groups is 1. The monoisotopic (exact) mass is 425 g/mol. The Morgan fingerprint density at radius 3 is 1.94 bits per heavy atom. The lowest BCUT2D eigenvalue weighted by Gasteiger charge is -2.48. The number of aliphatic hydroxyl groups excluding tert-OH is 1. The molecule has 1 N–H and O–H groups in total. The van der Waals surface area contributed by atoms with Crippen molar-refractivity contribution in [2.24, 2.45) is 0 Å². The molecule has 2 saturated heterocycles. The van der Waals surface area contributed by atoms with Crippen LogP contribution < -0.4 is 18.9 Å². The molecule has 2 aromatic carbocycles. The fourth-order valence-electron chi connectivity index (χ4n) is 5.68. The van der Waals surface area contributed by atoms with Crippen LogP contribution in [0.5, 0.6) is 23.0 Å². The maximum Gasteiger partial charge on any atom is 0.223 e. The second kappa shape index (κ2) is 7.34. The highest BCUT2D eigenvalue weighted by atomic mass is 16.5. The van der Waals surface area contributed by atoms with Gasteiger partial charge in [0.05, 0.1) is 40.6 Å². The van der Waals surface area contributed by atoms with Gasteiger partial charge in [-0.25, -0.2) is 0 Å². The highest BCUT2D eigenvalue weighted by Crippen LogP contribution is 2.56. The van der Waals surface area contributed by atoms with Crippen LogP contribution in [0.4, 0.5) is 0 Å². The normalized spacial score (nSPS) is 25.8. The summed E-state index contributed by atoms with van der Waals surface area (Å²) in [6, 6.07) is 7.74. The molecule has 1 aliphatic carbocycles. The topological polar surface area (TPSA) is 77.5 Å². The fraction of sp³-hybridized carbons (Fsp3) is 0.458. The number of methoxy groups -OCH3 is 4. The Kier molecular flexibility index (Phi) is 4.73. The number of nitrogens with zero attached hydrogens (tertiary/aromatic N) is 1. The molecule has 31 heavy (non-hydrogen) atoms. The lowest BCUT2D eigenvalue weighted by molar-refractivity contribution is -0.133. The van der Waals surface area contributed by atoms with E-state index in [0.717, 1.165) is 22.3 Å². The van der Waals surface area contributed by atoms with Gasteiger partial charge in [0.25, 0.3) is 0 Å². The molecule has 2 fully saturated rings. The maximum absolute atomic E-state index is 12.5. The standard InChI is InChI=1S/C24H27NO6/c1-28-18-7-12-13-8-19(29-2)21(31-4)10-15(13)23-16(14(12)9-20(18)30-3)11-25-17(24(23)27)5-6-22(25)26/h7-10,16-17,23-24,27H,5-6,11H2,1-4H3/t16-,17?,23+,24-/m1/s1. The summed E-state index contributed by atoms with van der Waals surface area (Å²) in [6.07, 6.45) is 0.506. The van der Waals surface area contributed by atoms with Gasteiger partial charge in [0, 0.05) is 24.8 Å². The van der Waals surface area contributed by atoms with E-state index < -0.39 is 6.10 Å². The van der Waals surface area contributed by atoms with Crippen molar-refractivity contribution in [2.45, 2.75) is 36.8 Å². The number of aliphatic hydroxyl groups is 1. The van der Waals surface area contributed by atoms with Gasteiger partial charge < -0.3 is 29.0 Å². The smallest absolute Gasteiger partial charge is 0.223 e. The van der Waals surface area contributed by atoms with E-state index in [2.05, 4.69) is 0 Å². The van der Waals surface area contributed by atoms with Crippen molar-refractivity contribution in [3.63, 3.8) is 0 Å². The highest BCUT2D eigenvalue weighted by molar-refractivity contribution is 5.83. The van der Waals surface area contributed by atoms with Gasteiger partial charge in [-0.1, -0.05) is 0 Å². The molecular weight excluding hydrogens is 398 g/mol. The second-order valence-electron chi connectivity index (χ2n) is 8.36. The van der Waals surface area contributed by atoms with Crippen LogP contribution in [0.3, 0.4) is 0 Å². The molecule has 1 unspecified atom stereocenters. The largest absolute Gasteiger partial charge is 0.493 e. The average molecular weight is 425 g/mol. The van der Waals surface area contributed by atoms with Crippen molar-refractivity contribution < 1.29 is 28.8 Å². The molecule has 0 saturated carbocycles. The Morgan fingerprint density at radius 2 is 1.35 bits per heavy atom. The maximum atomic E-state index is 12.5. The molecular formula is C24H27NO6. The summed E-state index contributed by atoms with van der Waals surface area (Å²) in [6.45, 7) is 0.571. The van der Waals surface area contributed by atoms with E-state index in [4.69, 9.17) is 18.9 Å². The summed E-state index contributed by atoms with van der Waals surface area (Å²) in [7, 11) is 6.45. The van der Waals surface area contributed by atoms with Crippen molar-refractivity contribution in [3.8, 4) is 34.1 Å². The molecule has 0 bridgehead atoms. The number of ether oxygens (including phenoxy) is 4. The third kappa shape index (κ3) is 2.79. The van der Waals surface area contributed by atoms with Crippen molar-refractivity contribution in [1.82, 2.24) is 4.90 Å². The second-order valence-corrected chi connectivity index (χ2v) is 8.36. The van der Waals surface area contributed by atoms with Gasteiger partial charge in [-0.05, 0) is 52.9 Å². The zero-order valence-corrected chi connectivity index (χ0v) is 18.2. The van der Waals surface area contributed by atoms with Gasteiger partial charge in [0.1, 0.15) is 0 Å². The van der Waals surface area contributed by atoms with Crippen LogP contribution in [-0.2, 0) is 4.79 Å². The van der Waals surface area contributed by atoms with Crippen LogP contribution >= 0.6 is 0 Å². The molecule has 0 spiro atoms. The molecule has 3 aliphatic rings. The zero-order chi connectivity index (χ0) is 21.9. The van der Waals surface area contributed by atoms with Crippen molar-refractivity contribution in [3.05, 3.63) is 35.4 Å². The van der Waals surface area contributed by atoms with Crippen LogP contribution in [0, 0.1) is 0 Å². The summed E-state index contributed by atoms with van der Waals surface area (Å²) >= 11 is 0. The average Bonchev–Trinajstić information content (AvgIpc) is 3.18. The summed E-state index contributed by atoms with van der Waals surface area (Å²) in [5, 5.41) is 11.5. The quantitative estimate of drug-likeness (QED) is 0.812. The third-order valence-corrected chi connectivity index (χ3v) is 7.12. The Labute approximate surface area is 181 Å². The van der Waals surface area contributed by atoms with E-state index in [0.29, 0.717) is 42.4 Å². The predicted molar refractivity (Wildman–Crippen MR) is 114 cm³/mol. The van der Waals surface area contributed by atoms with E-state index in [-0.39, 0.29) is 23.8 Å². The van der Waals surface area contributed by atoms with E-state index >= 15 is 0 Å². The number of benzene rings is 2.